The van der Waals surface area contributed by atoms with Gasteiger partial charge in [0.05, 0.1) is 0 Å². The van der Waals surface area contributed by atoms with E-state index in [9.17, 15) is 14.4 Å². The summed E-state index contributed by atoms with van der Waals surface area (Å²) in [6.07, 6.45) is 5.18. The zero-order valence-electron chi connectivity index (χ0n) is 18.8. The van der Waals surface area contributed by atoms with E-state index in [1.807, 2.05) is 32.0 Å². The average molecular weight is 450 g/mol. The second kappa shape index (κ2) is 9.90. The molecule has 3 aromatic rings. The molecule has 7 nitrogen and oxygen atoms in total. The lowest BCUT2D eigenvalue weighted by Crippen LogP contribution is -2.38. The van der Waals surface area contributed by atoms with Gasteiger partial charge in [-0.1, -0.05) is 37.0 Å². The van der Waals surface area contributed by atoms with Gasteiger partial charge in [-0.15, -0.1) is 0 Å². The van der Waals surface area contributed by atoms with E-state index in [1.54, 1.807) is 12.1 Å². The highest BCUT2D eigenvalue weighted by Gasteiger charge is 2.20. The van der Waals surface area contributed by atoms with Gasteiger partial charge in [-0.25, -0.2) is 9.59 Å². The van der Waals surface area contributed by atoms with Gasteiger partial charge in [-0.3, -0.25) is 4.79 Å². The van der Waals surface area contributed by atoms with E-state index in [0.29, 0.717) is 11.1 Å². The molecule has 1 saturated carbocycles. The molecule has 1 heterocycles. The lowest BCUT2D eigenvalue weighted by atomic mass is 9.95. The summed E-state index contributed by atoms with van der Waals surface area (Å²) in [5.41, 5.74) is 1.51. The minimum atomic E-state index is -0.725. The largest absolute Gasteiger partial charge is 0.482 e. The molecule has 2 aromatic carbocycles. The number of amides is 1. The molecule has 33 heavy (non-hydrogen) atoms. The Balaban J connectivity index is 1.42. The first-order valence-corrected chi connectivity index (χ1v) is 11.2. The molecule has 0 aliphatic heterocycles. The lowest BCUT2D eigenvalue weighted by molar-refractivity contribution is -0.136. The number of esters is 1. The van der Waals surface area contributed by atoms with Crippen molar-refractivity contribution in [1.29, 1.82) is 0 Å². The van der Waals surface area contributed by atoms with Gasteiger partial charge in [0.15, 0.2) is 6.61 Å². The Morgan fingerprint density at radius 1 is 1.03 bits per heavy atom. The topological polar surface area (TPSA) is 94.8 Å². The van der Waals surface area contributed by atoms with Crippen molar-refractivity contribution in [2.45, 2.75) is 52.0 Å². The van der Waals surface area contributed by atoms with Crippen LogP contribution in [0.25, 0.3) is 11.0 Å². The van der Waals surface area contributed by atoms with Crippen LogP contribution in [0.2, 0.25) is 0 Å². The van der Waals surface area contributed by atoms with Gasteiger partial charge in [-0.2, -0.15) is 0 Å². The Bertz CT molecular complexity index is 1240. The quantitative estimate of drug-likeness (QED) is 0.339. The Labute approximate surface area is 191 Å². The fourth-order valence-electron chi connectivity index (χ4n) is 4.08. The van der Waals surface area contributed by atoms with Gasteiger partial charge >= 0.3 is 11.6 Å². The summed E-state index contributed by atoms with van der Waals surface area (Å²) in [4.78, 5) is 37.2. The smallest absolute Gasteiger partial charge is 0.349 e. The van der Waals surface area contributed by atoms with Gasteiger partial charge in [0.2, 0.25) is 0 Å². The van der Waals surface area contributed by atoms with E-state index >= 15 is 0 Å². The third-order valence-electron chi connectivity index (χ3n) is 5.80. The zero-order valence-corrected chi connectivity index (χ0v) is 18.8. The standard InChI is InChI=1S/C26H27NO6/c1-16-8-11-22(17(2)12-16)31-15-24(28)32-20-10-9-18-13-21(26(30)33-23(18)14-20)25(29)27-19-6-4-3-5-7-19/h8-14,19H,3-7,15H2,1-2H3,(H,27,29). The van der Waals surface area contributed by atoms with E-state index in [1.165, 1.54) is 18.6 Å². The predicted molar refractivity (Wildman–Crippen MR) is 124 cm³/mol. The highest BCUT2D eigenvalue weighted by molar-refractivity contribution is 5.97. The summed E-state index contributed by atoms with van der Waals surface area (Å²) in [7, 11) is 0. The molecule has 0 radical (unpaired) electrons. The van der Waals surface area contributed by atoms with Crippen LogP contribution in [0.15, 0.2) is 51.7 Å². The summed E-state index contributed by atoms with van der Waals surface area (Å²) in [6.45, 7) is 3.63. The number of nitrogens with one attached hydrogen (secondary N) is 1. The number of hydrogen-bond donors (Lipinski definition) is 1. The van der Waals surface area contributed by atoms with Crippen molar-refractivity contribution in [2.75, 3.05) is 6.61 Å². The summed E-state index contributed by atoms with van der Waals surface area (Å²) < 4.78 is 16.2. The van der Waals surface area contributed by atoms with Gasteiger partial charge in [0, 0.05) is 17.5 Å². The highest BCUT2D eigenvalue weighted by Crippen LogP contribution is 2.22. The monoisotopic (exact) mass is 449 g/mol. The Hall–Kier alpha value is -3.61. The second-order valence-corrected chi connectivity index (χ2v) is 8.49. The molecule has 0 saturated heterocycles. The molecule has 1 aliphatic carbocycles. The summed E-state index contributed by atoms with van der Waals surface area (Å²) in [6, 6.07) is 12.0. The van der Waals surface area contributed by atoms with Crippen LogP contribution in [-0.4, -0.2) is 24.5 Å². The SMILES string of the molecule is Cc1ccc(OCC(=O)Oc2ccc3cc(C(=O)NC4CCCCC4)c(=O)oc3c2)c(C)c1. The Kier molecular flexibility index (Phi) is 6.77. The van der Waals surface area contributed by atoms with E-state index in [0.717, 1.165) is 36.8 Å². The minimum Gasteiger partial charge on any atom is -0.482 e. The molecule has 4 rings (SSSR count). The highest BCUT2D eigenvalue weighted by atomic mass is 16.6. The molecule has 0 bridgehead atoms. The third-order valence-corrected chi connectivity index (χ3v) is 5.80. The number of aryl methyl sites for hydroxylation is 2. The van der Waals surface area contributed by atoms with Crippen LogP contribution in [0.1, 0.15) is 53.6 Å². The number of fused-ring (bicyclic) bond motifs is 1. The molecule has 1 fully saturated rings. The first-order valence-electron chi connectivity index (χ1n) is 11.2. The van der Waals surface area contributed by atoms with Crippen LogP contribution >= 0.6 is 0 Å². The van der Waals surface area contributed by atoms with Gasteiger partial charge in [-0.05, 0) is 56.5 Å². The summed E-state index contributed by atoms with van der Waals surface area (Å²) in [5, 5.41) is 3.50. The number of benzene rings is 2. The minimum absolute atomic E-state index is 0.0281. The number of carbonyl (C=O) groups is 2. The molecular weight excluding hydrogens is 422 g/mol. The number of rotatable bonds is 6. The second-order valence-electron chi connectivity index (χ2n) is 8.49. The van der Waals surface area contributed by atoms with E-state index in [2.05, 4.69) is 5.32 Å². The van der Waals surface area contributed by atoms with E-state index in [-0.39, 0.29) is 29.5 Å². The van der Waals surface area contributed by atoms with Gasteiger partial charge in [0.25, 0.3) is 5.91 Å². The lowest BCUT2D eigenvalue weighted by Gasteiger charge is -2.22. The molecule has 1 amide bonds. The normalized spacial score (nSPS) is 14.1. The van der Waals surface area contributed by atoms with Crippen LogP contribution in [0.4, 0.5) is 0 Å². The molecule has 1 aliphatic rings. The molecule has 0 unspecified atom stereocenters. The van der Waals surface area contributed by atoms with Crippen molar-refractivity contribution in [2.24, 2.45) is 0 Å². The molecule has 1 aromatic heterocycles. The van der Waals surface area contributed by atoms with Gasteiger partial charge in [0.1, 0.15) is 22.6 Å². The Morgan fingerprint density at radius 3 is 2.58 bits per heavy atom. The predicted octanol–water partition coefficient (Wildman–Crippen LogP) is 4.46. The first-order chi connectivity index (χ1) is 15.9. The molecule has 7 heteroatoms. The maximum absolute atomic E-state index is 12.6. The van der Waals surface area contributed by atoms with Crippen molar-refractivity contribution >= 4 is 22.8 Å². The van der Waals surface area contributed by atoms with E-state index < -0.39 is 17.5 Å². The van der Waals surface area contributed by atoms with E-state index in [4.69, 9.17) is 13.9 Å². The van der Waals surface area contributed by atoms with Crippen molar-refractivity contribution in [3.63, 3.8) is 0 Å². The summed E-state index contributed by atoms with van der Waals surface area (Å²) in [5.74, 6) is -0.169. The fraction of sp³-hybridized carbons (Fsp3) is 0.346. The van der Waals surface area contributed by atoms with Crippen molar-refractivity contribution in [3.8, 4) is 11.5 Å². The molecule has 0 spiro atoms. The molecule has 1 N–H and O–H groups in total. The Morgan fingerprint density at radius 2 is 1.82 bits per heavy atom. The first kappa shape index (κ1) is 22.6. The molecular formula is C26H27NO6. The van der Waals surface area contributed by atoms with Crippen LogP contribution in [0, 0.1) is 13.8 Å². The molecule has 172 valence electrons. The number of carbonyl (C=O) groups excluding carboxylic acids is 2. The van der Waals surface area contributed by atoms with Crippen molar-refractivity contribution < 1.29 is 23.5 Å². The van der Waals surface area contributed by atoms with Crippen molar-refractivity contribution in [1.82, 2.24) is 5.32 Å². The average Bonchev–Trinajstić information content (AvgIpc) is 2.78. The number of hydrogen-bond acceptors (Lipinski definition) is 6. The van der Waals surface area contributed by atoms with Crippen LogP contribution in [0.3, 0.4) is 0 Å². The number of ether oxygens (including phenoxy) is 2. The van der Waals surface area contributed by atoms with Gasteiger partial charge < -0.3 is 19.2 Å². The fourth-order valence-corrected chi connectivity index (χ4v) is 4.08. The third kappa shape index (κ3) is 5.61. The maximum atomic E-state index is 12.6. The van der Waals surface area contributed by atoms with Crippen LogP contribution in [-0.2, 0) is 4.79 Å². The maximum Gasteiger partial charge on any atom is 0.349 e. The molecule has 0 atom stereocenters. The van der Waals surface area contributed by atoms with Crippen molar-refractivity contribution in [3.05, 3.63) is 69.6 Å². The zero-order chi connectivity index (χ0) is 23.4. The van der Waals surface area contributed by atoms with Crippen LogP contribution in [0.5, 0.6) is 11.5 Å². The summed E-state index contributed by atoms with van der Waals surface area (Å²) >= 11 is 0. The van der Waals surface area contributed by atoms with Crippen LogP contribution < -0.4 is 20.4 Å².